The van der Waals surface area contributed by atoms with Crippen molar-refractivity contribution >= 4 is 23.4 Å². The molecular weight excluding hydrogens is 396 g/mol. The summed E-state index contributed by atoms with van der Waals surface area (Å²) in [6.45, 7) is 0.508. The molecule has 30 heavy (non-hydrogen) atoms. The Morgan fingerprint density at radius 1 is 1.03 bits per heavy atom. The van der Waals surface area contributed by atoms with Gasteiger partial charge in [0.1, 0.15) is 17.3 Å². The molecule has 1 aromatic heterocycles. The molecule has 0 saturated carbocycles. The Bertz CT molecular complexity index is 1160. The van der Waals surface area contributed by atoms with E-state index >= 15 is 0 Å². The van der Waals surface area contributed by atoms with Crippen LogP contribution in [0.3, 0.4) is 0 Å². The van der Waals surface area contributed by atoms with E-state index in [0.29, 0.717) is 5.69 Å². The van der Waals surface area contributed by atoms with Crippen LogP contribution in [0.4, 0.5) is 25.0 Å². The normalized spacial score (nSPS) is 12.5. The summed E-state index contributed by atoms with van der Waals surface area (Å²) in [7, 11) is 0. The third kappa shape index (κ3) is 3.50. The van der Waals surface area contributed by atoms with Gasteiger partial charge in [0, 0.05) is 18.8 Å². The van der Waals surface area contributed by atoms with Gasteiger partial charge >= 0.3 is 6.09 Å². The molecule has 0 saturated heterocycles. The molecule has 3 aromatic rings. The SMILES string of the molecule is NC(=O)c1nnc(-c2c(F)cccc2F)cc1Nc1ccc2c(c1)CN(C(=O)O)C2. The number of nitrogens with zero attached hydrogens (tertiary/aromatic N) is 3. The Morgan fingerprint density at radius 3 is 2.40 bits per heavy atom. The van der Waals surface area contributed by atoms with E-state index in [9.17, 15) is 18.4 Å². The standard InChI is InChI=1S/C20H15F2N5O3/c21-13-2-1-3-14(22)17(13)15-7-16(18(19(23)28)26-25-15)24-12-5-4-10-8-27(20(29)30)9-11(10)6-12/h1-7H,8-9H2,(H2,23,28)(H,24,25)(H,29,30). The van der Waals surface area contributed by atoms with Gasteiger partial charge in [0.2, 0.25) is 0 Å². The van der Waals surface area contributed by atoms with Crippen LogP contribution in [-0.4, -0.2) is 32.2 Å². The zero-order chi connectivity index (χ0) is 21.4. The van der Waals surface area contributed by atoms with Crippen LogP contribution in [-0.2, 0) is 13.1 Å². The first-order valence-electron chi connectivity index (χ1n) is 8.82. The number of halogens is 2. The van der Waals surface area contributed by atoms with Gasteiger partial charge in [0.15, 0.2) is 5.69 Å². The monoisotopic (exact) mass is 411 g/mol. The predicted octanol–water partition coefficient (Wildman–Crippen LogP) is 3.26. The summed E-state index contributed by atoms with van der Waals surface area (Å²) in [5.74, 6) is -2.52. The molecule has 10 heteroatoms. The molecule has 4 N–H and O–H groups in total. The largest absolute Gasteiger partial charge is 0.465 e. The molecule has 1 aliphatic rings. The number of rotatable bonds is 4. The van der Waals surface area contributed by atoms with E-state index in [1.807, 2.05) is 0 Å². The number of carboxylic acid groups (broad SMARTS) is 1. The Kier molecular flexibility index (Phi) is 4.74. The second-order valence-electron chi connectivity index (χ2n) is 6.70. The van der Waals surface area contributed by atoms with Crippen LogP contribution in [0.1, 0.15) is 21.6 Å². The van der Waals surface area contributed by atoms with Crippen molar-refractivity contribution < 1.29 is 23.5 Å². The lowest BCUT2D eigenvalue weighted by atomic mass is 10.1. The first-order valence-corrected chi connectivity index (χ1v) is 8.82. The number of carbonyl (C=O) groups is 2. The molecule has 1 aliphatic heterocycles. The van der Waals surface area contributed by atoms with Crippen LogP contribution in [0, 0.1) is 11.6 Å². The molecule has 2 aromatic carbocycles. The molecule has 8 nitrogen and oxygen atoms in total. The van der Waals surface area contributed by atoms with Crippen LogP contribution < -0.4 is 11.1 Å². The fourth-order valence-electron chi connectivity index (χ4n) is 3.30. The number of carbonyl (C=O) groups excluding carboxylic acids is 1. The van der Waals surface area contributed by atoms with Crippen LogP contribution >= 0.6 is 0 Å². The lowest BCUT2D eigenvalue weighted by Gasteiger charge is -2.12. The number of fused-ring (bicyclic) bond motifs is 1. The highest BCUT2D eigenvalue weighted by atomic mass is 19.1. The third-order valence-electron chi connectivity index (χ3n) is 4.72. The first-order chi connectivity index (χ1) is 14.3. The van der Waals surface area contributed by atoms with Crippen LogP contribution in [0.15, 0.2) is 42.5 Å². The molecule has 0 spiro atoms. The fourth-order valence-corrected chi connectivity index (χ4v) is 3.30. The molecule has 152 valence electrons. The zero-order valence-electron chi connectivity index (χ0n) is 15.4. The van der Waals surface area contributed by atoms with Gasteiger partial charge in [-0.1, -0.05) is 12.1 Å². The van der Waals surface area contributed by atoms with E-state index in [0.717, 1.165) is 23.3 Å². The van der Waals surface area contributed by atoms with Crippen molar-refractivity contribution in [2.75, 3.05) is 5.32 Å². The minimum Gasteiger partial charge on any atom is -0.465 e. The third-order valence-corrected chi connectivity index (χ3v) is 4.72. The van der Waals surface area contributed by atoms with Gasteiger partial charge in [-0.2, -0.15) is 0 Å². The number of benzene rings is 2. The van der Waals surface area contributed by atoms with Crippen molar-refractivity contribution in [1.82, 2.24) is 15.1 Å². The van der Waals surface area contributed by atoms with Crippen molar-refractivity contribution in [2.24, 2.45) is 5.73 Å². The highest BCUT2D eigenvalue weighted by molar-refractivity contribution is 5.97. The van der Waals surface area contributed by atoms with Gasteiger partial charge in [0.25, 0.3) is 5.91 Å². The molecule has 0 radical (unpaired) electrons. The van der Waals surface area contributed by atoms with E-state index in [4.69, 9.17) is 10.8 Å². The summed E-state index contributed by atoms with van der Waals surface area (Å²) in [6.07, 6.45) is -1.02. The summed E-state index contributed by atoms with van der Waals surface area (Å²) < 4.78 is 28.3. The summed E-state index contributed by atoms with van der Waals surface area (Å²) in [4.78, 5) is 24.2. The van der Waals surface area contributed by atoms with Crippen molar-refractivity contribution in [3.05, 3.63) is 70.9 Å². The van der Waals surface area contributed by atoms with Gasteiger partial charge < -0.3 is 16.2 Å². The number of aromatic nitrogens is 2. The molecule has 0 aliphatic carbocycles. The fraction of sp³-hybridized carbons (Fsp3) is 0.100. The van der Waals surface area contributed by atoms with Gasteiger partial charge in [0.05, 0.1) is 11.3 Å². The quantitative estimate of drug-likeness (QED) is 0.606. The van der Waals surface area contributed by atoms with Gasteiger partial charge in [-0.15, -0.1) is 10.2 Å². The van der Waals surface area contributed by atoms with Crippen molar-refractivity contribution in [3.8, 4) is 11.3 Å². The molecule has 0 atom stereocenters. The van der Waals surface area contributed by atoms with E-state index in [2.05, 4.69) is 15.5 Å². The number of nitrogens with one attached hydrogen (secondary N) is 1. The maximum Gasteiger partial charge on any atom is 0.407 e. The van der Waals surface area contributed by atoms with Gasteiger partial charge in [-0.25, -0.2) is 13.6 Å². The summed E-state index contributed by atoms with van der Waals surface area (Å²) in [5, 5.41) is 19.6. The topological polar surface area (TPSA) is 121 Å². The summed E-state index contributed by atoms with van der Waals surface area (Å²) in [5.41, 5.74) is 6.95. The summed E-state index contributed by atoms with van der Waals surface area (Å²) >= 11 is 0. The van der Waals surface area contributed by atoms with Gasteiger partial charge in [-0.05, 0) is 41.5 Å². The molecular formula is C20H15F2N5O3. The van der Waals surface area contributed by atoms with E-state index in [1.54, 1.807) is 18.2 Å². The van der Waals surface area contributed by atoms with E-state index in [-0.39, 0.29) is 35.7 Å². The Labute approximate surface area is 169 Å². The Hall–Kier alpha value is -4.08. The van der Waals surface area contributed by atoms with E-state index in [1.165, 1.54) is 17.0 Å². The average molecular weight is 411 g/mol. The van der Waals surface area contributed by atoms with E-state index < -0.39 is 23.6 Å². The molecule has 4 rings (SSSR count). The minimum atomic E-state index is -1.02. The van der Waals surface area contributed by atoms with Crippen LogP contribution in [0.2, 0.25) is 0 Å². The zero-order valence-corrected chi connectivity index (χ0v) is 15.4. The Morgan fingerprint density at radius 2 is 1.73 bits per heavy atom. The molecule has 0 unspecified atom stereocenters. The highest BCUT2D eigenvalue weighted by Crippen LogP contribution is 2.30. The summed E-state index contributed by atoms with van der Waals surface area (Å²) in [6, 6.07) is 9.87. The highest BCUT2D eigenvalue weighted by Gasteiger charge is 2.23. The Balaban J connectivity index is 1.72. The maximum absolute atomic E-state index is 14.1. The smallest absolute Gasteiger partial charge is 0.407 e. The lowest BCUT2D eigenvalue weighted by molar-refractivity contribution is 0.0995. The molecule has 2 amide bonds. The lowest BCUT2D eigenvalue weighted by Crippen LogP contribution is -2.22. The predicted molar refractivity (Wildman–Crippen MR) is 103 cm³/mol. The number of hydrogen-bond donors (Lipinski definition) is 3. The molecule has 0 bridgehead atoms. The number of nitrogens with two attached hydrogens (primary N) is 1. The number of amides is 2. The van der Waals surface area contributed by atoms with Crippen molar-refractivity contribution in [2.45, 2.75) is 13.1 Å². The second kappa shape index (κ2) is 7.39. The van der Waals surface area contributed by atoms with Crippen LogP contribution in [0.25, 0.3) is 11.3 Å². The van der Waals surface area contributed by atoms with Crippen molar-refractivity contribution in [3.63, 3.8) is 0 Å². The maximum atomic E-state index is 14.1. The van der Waals surface area contributed by atoms with Crippen LogP contribution in [0.5, 0.6) is 0 Å². The number of primary amides is 1. The van der Waals surface area contributed by atoms with Gasteiger partial charge in [-0.3, -0.25) is 9.69 Å². The number of anilines is 2. The minimum absolute atomic E-state index is 0.114. The van der Waals surface area contributed by atoms with Crippen molar-refractivity contribution in [1.29, 1.82) is 0 Å². The molecule has 0 fully saturated rings. The molecule has 2 heterocycles. The first kappa shape index (κ1) is 19.2. The number of hydrogen-bond acceptors (Lipinski definition) is 5. The average Bonchev–Trinajstić information content (AvgIpc) is 3.12. The second-order valence-corrected chi connectivity index (χ2v) is 6.70.